The van der Waals surface area contributed by atoms with Gasteiger partial charge in [-0.15, -0.1) is 0 Å². The van der Waals surface area contributed by atoms with E-state index in [1.165, 1.54) is 24.4 Å². The molecule has 1 aromatic carbocycles. The Hall–Kier alpha value is -4.76. The highest BCUT2D eigenvalue weighted by Gasteiger charge is 2.17. The first-order chi connectivity index (χ1) is 16.0. The van der Waals surface area contributed by atoms with Gasteiger partial charge < -0.3 is 10.6 Å². The number of aromatic amines is 1. The van der Waals surface area contributed by atoms with Gasteiger partial charge in [-0.25, -0.2) is 14.4 Å². The number of hydrogen-bond acceptors (Lipinski definition) is 6. The lowest BCUT2D eigenvalue weighted by Gasteiger charge is -2.16. The molecule has 0 bridgehead atoms. The number of nitriles is 1. The van der Waals surface area contributed by atoms with Crippen LogP contribution in [0.2, 0.25) is 0 Å². The number of carbonyl (C=O) groups excluding carboxylic acids is 1. The maximum Gasteiger partial charge on any atom is 0.255 e. The zero-order valence-corrected chi connectivity index (χ0v) is 17.6. The van der Waals surface area contributed by atoms with E-state index in [9.17, 15) is 14.4 Å². The van der Waals surface area contributed by atoms with Crippen molar-refractivity contribution in [3.63, 3.8) is 0 Å². The zero-order chi connectivity index (χ0) is 23.2. The van der Waals surface area contributed by atoms with E-state index >= 15 is 0 Å². The monoisotopic (exact) mass is 439 g/mol. The summed E-state index contributed by atoms with van der Waals surface area (Å²) < 4.78 is 13.2. The number of nitrogens with zero attached hydrogens (tertiary/aromatic N) is 4. The second kappa shape index (κ2) is 9.58. The Kier molecular flexibility index (Phi) is 6.24. The minimum Gasteiger partial charge on any atom is -0.358 e. The average Bonchev–Trinajstić information content (AvgIpc) is 3.30. The fourth-order valence-corrected chi connectivity index (χ4v) is 3.13. The number of hydrogen-bond donors (Lipinski definition) is 3. The number of fused-ring (bicyclic) bond motifs is 1. The second-order valence-corrected chi connectivity index (χ2v) is 7.17. The standard InChI is InChI=1S/C24H18FN7O/c1-15(18-4-6-20(25)7-5-18)31-24(33)21-10-17(11-26)13-29-23(21)27-8-2-3-16-9-19-14-30-32-22(19)28-12-16/h4-7,9-10,12-15H,8H2,1H3,(H,27,29)(H,31,33)(H,28,30,32). The molecule has 162 valence electrons. The van der Waals surface area contributed by atoms with Crippen LogP contribution in [0.15, 0.2) is 55.0 Å². The Morgan fingerprint density at radius 1 is 1.15 bits per heavy atom. The number of amides is 1. The summed E-state index contributed by atoms with van der Waals surface area (Å²) in [5, 5.41) is 22.7. The van der Waals surface area contributed by atoms with Crippen LogP contribution in [-0.4, -0.2) is 32.6 Å². The summed E-state index contributed by atoms with van der Waals surface area (Å²) in [5.41, 5.74) is 2.63. The van der Waals surface area contributed by atoms with Gasteiger partial charge >= 0.3 is 0 Å². The van der Waals surface area contributed by atoms with Crippen molar-refractivity contribution in [2.45, 2.75) is 13.0 Å². The number of pyridine rings is 2. The quantitative estimate of drug-likeness (QED) is 0.411. The number of carbonyl (C=O) groups is 1. The summed E-state index contributed by atoms with van der Waals surface area (Å²) in [4.78, 5) is 21.3. The van der Waals surface area contributed by atoms with Gasteiger partial charge in [-0.2, -0.15) is 10.4 Å². The van der Waals surface area contributed by atoms with Gasteiger partial charge in [0, 0.05) is 23.3 Å². The highest BCUT2D eigenvalue weighted by atomic mass is 19.1. The van der Waals surface area contributed by atoms with E-state index in [4.69, 9.17) is 0 Å². The molecule has 0 aliphatic rings. The van der Waals surface area contributed by atoms with Gasteiger partial charge in [0.25, 0.3) is 5.91 Å². The fourth-order valence-electron chi connectivity index (χ4n) is 3.13. The lowest BCUT2D eigenvalue weighted by Crippen LogP contribution is -2.28. The van der Waals surface area contributed by atoms with E-state index in [1.54, 1.807) is 31.5 Å². The van der Waals surface area contributed by atoms with Crippen molar-refractivity contribution >= 4 is 22.8 Å². The summed E-state index contributed by atoms with van der Waals surface area (Å²) >= 11 is 0. The molecule has 0 spiro atoms. The molecule has 8 nitrogen and oxygen atoms in total. The van der Waals surface area contributed by atoms with Crippen LogP contribution in [0.3, 0.4) is 0 Å². The van der Waals surface area contributed by atoms with Crippen LogP contribution >= 0.6 is 0 Å². The Labute approximate surface area is 188 Å². The van der Waals surface area contributed by atoms with Crippen LogP contribution in [-0.2, 0) is 0 Å². The van der Waals surface area contributed by atoms with E-state index < -0.39 is 5.91 Å². The van der Waals surface area contributed by atoms with Gasteiger partial charge in [-0.1, -0.05) is 24.0 Å². The fraction of sp³-hybridized carbons (Fsp3) is 0.125. The molecule has 0 saturated heterocycles. The molecule has 3 N–H and O–H groups in total. The normalized spacial score (nSPS) is 11.2. The summed E-state index contributed by atoms with van der Waals surface area (Å²) in [6.07, 6.45) is 4.69. The number of nitrogens with one attached hydrogen (secondary N) is 3. The Morgan fingerprint density at radius 2 is 1.94 bits per heavy atom. The first-order valence-corrected chi connectivity index (χ1v) is 10.0. The largest absolute Gasteiger partial charge is 0.358 e. The van der Waals surface area contributed by atoms with Crippen LogP contribution in [0.5, 0.6) is 0 Å². The average molecular weight is 439 g/mol. The third kappa shape index (κ3) is 5.12. The topological polar surface area (TPSA) is 119 Å². The van der Waals surface area contributed by atoms with E-state index in [2.05, 4.69) is 42.6 Å². The lowest BCUT2D eigenvalue weighted by atomic mass is 10.1. The minimum atomic E-state index is -0.415. The predicted octanol–water partition coefficient (Wildman–Crippen LogP) is 3.32. The van der Waals surface area contributed by atoms with Gasteiger partial charge in [0.15, 0.2) is 5.65 Å². The van der Waals surface area contributed by atoms with Crippen molar-refractivity contribution in [1.29, 1.82) is 5.26 Å². The molecule has 0 aliphatic heterocycles. The van der Waals surface area contributed by atoms with Crippen molar-refractivity contribution in [2.24, 2.45) is 0 Å². The molecule has 3 heterocycles. The number of rotatable bonds is 5. The molecule has 1 atom stereocenters. The summed E-state index contributed by atoms with van der Waals surface area (Å²) in [7, 11) is 0. The molecule has 4 aromatic rings. The van der Waals surface area contributed by atoms with Gasteiger partial charge in [-0.3, -0.25) is 9.89 Å². The molecule has 1 unspecified atom stereocenters. The van der Waals surface area contributed by atoms with Gasteiger partial charge in [0.2, 0.25) is 0 Å². The number of benzene rings is 1. The summed E-state index contributed by atoms with van der Waals surface area (Å²) in [5.74, 6) is 5.50. The first-order valence-electron chi connectivity index (χ1n) is 10.0. The Bertz CT molecular complexity index is 1410. The van der Waals surface area contributed by atoms with Gasteiger partial charge in [-0.05, 0) is 36.8 Å². The van der Waals surface area contributed by atoms with E-state index in [0.29, 0.717) is 11.5 Å². The number of H-pyrrole nitrogens is 1. The van der Waals surface area contributed by atoms with Crippen LogP contribution in [0, 0.1) is 29.0 Å². The molecule has 0 aliphatic carbocycles. The van der Waals surface area contributed by atoms with E-state index in [0.717, 1.165) is 16.5 Å². The van der Waals surface area contributed by atoms with Crippen molar-refractivity contribution in [3.05, 3.63) is 83.1 Å². The summed E-state index contributed by atoms with van der Waals surface area (Å²) in [6, 6.07) is 10.8. The molecule has 0 fully saturated rings. The second-order valence-electron chi connectivity index (χ2n) is 7.17. The maximum absolute atomic E-state index is 13.2. The zero-order valence-electron chi connectivity index (χ0n) is 17.6. The van der Waals surface area contributed by atoms with Crippen LogP contribution in [0.4, 0.5) is 10.2 Å². The van der Waals surface area contributed by atoms with Crippen molar-refractivity contribution in [1.82, 2.24) is 25.5 Å². The van der Waals surface area contributed by atoms with Crippen molar-refractivity contribution < 1.29 is 9.18 Å². The van der Waals surface area contributed by atoms with Gasteiger partial charge in [0.1, 0.15) is 17.7 Å². The molecule has 3 aromatic heterocycles. The predicted molar refractivity (Wildman–Crippen MR) is 120 cm³/mol. The van der Waals surface area contributed by atoms with Crippen molar-refractivity contribution in [2.75, 3.05) is 11.9 Å². The SMILES string of the molecule is CC(NC(=O)c1cc(C#N)cnc1NCC#Cc1cnc2[nH]ncc2c1)c1ccc(F)cc1. The molecule has 4 rings (SSSR count). The Morgan fingerprint density at radius 3 is 2.73 bits per heavy atom. The van der Waals surface area contributed by atoms with E-state index in [-0.39, 0.29) is 29.5 Å². The molecule has 0 saturated carbocycles. The third-order valence-electron chi connectivity index (χ3n) is 4.85. The first kappa shape index (κ1) is 21.5. The molecule has 9 heteroatoms. The van der Waals surface area contributed by atoms with Gasteiger partial charge in [0.05, 0.1) is 29.9 Å². The van der Waals surface area contributed by atoms with E-state index in [1.807, 2.05) is 12.1 Å². The molecule has 1 amide bonds. The molecular weight excluding hydrogens is 421 g/mol. The maximum atomic E-state index is 13.2. The molecular formula is C24H18FN7O. The number of anilines is 1. The Balaban J connectivity index is 1.47. The highest BCUT2D eigenvalue weighted by Crippen LogP contribution is 2.18. The lowest BCUT2D eigenvalue weighted by molar-refractivity contribution is 0.0940. The summed E-state index contributed by atoms with van der Waals surface area (Å²) in [6.45, 7) is 2.01. The van der Waals surface area contributed by atoms with Crippen LogP contribution in [0.25, 0.3) is 11.0 Å². The third-order valence-corrected chi connectivity index (χ3v) is 4.85. The number of aromatic nitrogens is 4. The smallest absolute Gasteiger partial charge is 0.255 e. The highest BCUT2D eigenvalue weighted by molar-refractivity contribution is 5.99. The van der Waals surface area contributed by atoms with Crippen LogP contribution in [0.1, 0.15) is 40.0 Å². The minimum absolute atomic E-state index is 0.214. The number of halogens is 1. The molecule has 33 heavy (non-hydrogen) atoms. The molecule has 0 radical (unpaired) electrons. The van der Waals surface area contributed by atoms with Crippen molar-refractivity contribution in [3.8, 4) is 17.9 Å². The van der Waals surface area contributed by atoms with Crippen LogP contribution < -0.4 is 10.6 Å².